The molecule has 0 spiro atoms. The molecule has 2 heteroatoms. The molecule has 0 saturated carbocycles. The molecule has 0 fully saturated rings. The average molecular weight is 154 g/mol. The second-order valence-corrected chi connectivity index (χ2v) is 2.41. The molecule has 0 unspecified atom stereocenters. The fraction of sp³-hybridized carbons (Fsp3) is 0.111. The SMILES string of the molecule is C=C(C)c1ccc(F)c(F)c1. The third-order valence-corrected chi connectivity index (χ3v) is 1.41. The maximum absolute atomic E-state index is 12.5. The first-order valence-corrected chi connectivity index (χ1v) is 3.22. The summed E-state index contributed by atoms with van der Waals surface area (Å²) in [7, 11) is 0. The van der Waals surface area contributed by atoms with Crippen LogP contribution in [-0.2, 0) is 0 Å². The lowest BCUT2D eigenvalue weighted by Crippen LogP contribution is -1.85. The Hall–Kier alpha value is -1.18. The number of hydrogen-bond donors (Lipinski definition) is 0. The standard InChI is InChI=1S/C9H8F2/c1-6(2)7-3-4-8(10)9(11)5-7/h3-5H,1H2,2H3. The molecule has 0 aliphatic carbocycles. The molecule has 0 heterocycles. The minimum Gasteiger partial charge on any atom is -0.204 e. The topological polar surface area (TPSA) is 0 Å². The van der Waals surface area contributed by atoms with E-state index in [4.69, 9.17) is 0 Å². The Balaban J connectivity index is 3.15. The summed E-state index contributed by atoms with van der Waals surface area (Å²) in [6, 6.07) is 3.73. The lowest BCUT2D eigenvalue weighted by molar-refractivity contribution is 0.508. The molecule has 0 saturated heterocycles. The highest BCUT2D eigenvalue weighted by atomic mass is 19.2. The van der Waals surface area contributed by atoms with Gasteiger partial charge in [-0.1, -0.05) is 18.2 Å². The Kier molecular flexibility index (Phi) is 2.03. The van der Waals surface area contributed by atoms with E-state index in [9.17, 15) is 8.78 Å². The van der Waals surface area contributed by atoms with Crippen molar-refractivity contribution in [2.45, 2.75) is 6.92 Å². The Morgan fingerprint density at radius 3 is 2.36 bits per heavy atom. The highest BCUT2D eigenvalue weighted by molar-refractivity contribution is 5.60. The number of benzene rings is 1. The van der Waals surface area contributed by atoms with Gasteiger partial charge in [0, 0.05) is 0 Å². The van der Waals surface area contributed by atoms with Crippen LogP contribution in [0.2, 0.25) is 0 Å². The Labute approximate surface area is 64.2 Å². The van der Waals surface area contributed by atoms with Crippen LogP contribution >= 0.6 is 0 Å². The molecule has 0 atom stereocenters. The van der Waals surface area contributed by atoms with Crippen LogP contribution in [0.25, 0.3) is 5.57 Å². The molecule has 1 rings (SSSR count). The normalized spacial score (nSPS) is 9.73. The van der Waals surface area contributed by atoms with E-state index in [1.165, 1.54) is 6.07 Å². The van der Waals surface area contributed by atoms with Gasteiger partial charge >= 0.3 is 0 Å². The monoisotopic (exact) mass is 154 g/mol. The van der Waals surface area contributed by atoms with Crippen molar-refractivity contribution in [3.63, 3.8) is 0 Å². The molecular weight excluding hydrogens is 146 g/mol. The van der Waals surface area contributed by atoms with Gasteiger partial charge in [-0.3, -0.25) is 0 Å². The van der Waals surface area contributed by atoms with Crippen molar-refractivity contribution in [1.29, 1.82) is 0 Å². The van der Waals surface area contributed by atoms with Crippen molar-refractivity contribution >= 4 is 5.57 Å². The molecule has 0 nitrogen and oxygen atoms in total. The summed E-state index contributed by atoms with van der Waals surface area (Å²) in [6.45, 7) is 5.35. The van der Waals surface area contributed by atoms with Crippen molar-refractivity contribution in [1.82, 2.24) is 0 Å². The summed E-state index contributed by atoms with van der Waals surface area (Å²) in [6.07, 6.45) is 0. The van der Waals surface area contributed by atoms with Crippen LogP contribution in [0.15, 0.2) is 24.8 Å². The molecule has 0 radical (unpaired) electrons. The Morgan fingerprint density at radius 2 is 1.91 bits per heavy atom. The van der Waals surface area contributed by atoms with E-state index in [0.29, 0.717) is 5.56 Å². The molecule has 0 amide bonds. The minimum absolute atomic E-state index is 0.629. The van der Waals surface area contributed by atoms with Gasteiger partial charge in [-0.25, -0.2) is 8.78 Å². The number of hydrogen-bond acceptors (Lipinski definition) is 0. The van der Waals surface area contributed by atoms with Gasteiger partial charge in [0.05, 0.1) is 0 Å². The van der Waals surface area contributed by atoms with E-state index in [0.717, 1.165) is 17.7 Å². The zero-order valence-electron chi connectivity index (χ0n) is 6.20. The van der Waals surface area contributed by atoms with Crippen LogP contribution < -0.4 is 0 Å². The molecule has 11 heavy (non-hydrogen) atoms. The highest BCUT2D eigenvalue weighted by Crippen LogP contribution is 2.14. The van der Waals surface area contributed by atoms with Crippen LogP contribution in [0.1, 0.15) is 12.5 Å². The van der Waals surface area contributed by atoms with Crippen LogP contribution in [0.3, 0.4) is 0 Å². The molecule has 0 N–H and O–H groups in total. The van der Waals surface area contributed by atoms with Crippen molar-refractivity contribution in [2.24, 2.45) is 0 Å². The average Bonchev–Trinajstić information content (AvgIpc) is 1.94. The Bertz CT molecular complexity index is 290. The van der Waals surface area contributed by atoms with Crippen molar-refractivity contribution in [3.05, 3.63) is 42.0 Å². The van der Waals surface area contributed by atoms with Gasteiger partial charge in [-0.15, -0.1) is 0 Å². The van der Waals surface area contributed by atoms with Gasteiger partial charge in [0.15, 0.2) is 11.6 Å². The maximum Gasteiger partial charge on any atom is 0.159 e. The fourth-order valence-electron chi connectivity index (χ4n) is 0.762. The van der Waals surface area contributed by atoms with E-state index < -0.39 is 11.6 Å². The summed E-state index contributed by atoms with van der Waals surface area (Å²) in [5.41, 5.74) is 1.35. The predicted octanol–water partition coefficient (Wildman–Crippen LogP) is 3.00. The lowest BCUT2D eigenvalue weighted by atomic mass is 10.1. The predicted molar refractivity (Wildman–Crippen MR) is 41.1 cm³/mol. The largest absolute Gasteiger partial charge is 0.204 e. The molecule has 0 aliphatic rings. The first kappa shape index (κ1) is 7.92. The highest BCUT2D eigenvalue weighted by Gasteiger charge is 2.01. The third kappa shape index (κ3) is 1.64. The maximum atomic E-state index is 12.5. The molecule has 0 aliphatic heterocycles. The zero-order valence-corrected chi connectivity index (χ0v) is 6.20. The van der Waals surface area contributed by atoms with Gasteiger partial charge in [0.2, 0.25) is 0 Å². The fourth-order valence-corrected chi connectivity index (χ4v) is 0.762. The molecule has 58 valence electrons. The van der Waals surface area contributed by atoms with E-state index in [1.807, 2.05) is 0 Å². The molecule has 1 aromatic carbocycles. The summed E-state index contributed by atoms with van der Waals surface area (Å²) in [5, 5.41) is 0. The summed E-state index contributed by atoms with van der Waals surface area (Å²) in [5.74, 6) is -1.65. The molecule has 0 aromatic heterocycles. The number of halogens is 2. The molecule has 0 bridgehead atoms. The quantitative estimate of drug-likeness (QED) is 0.583. The van der Waals surface area contributed by atoms with Crippen molar-refractivity contribution in [2.75, 3.05) is 0 Å². The second-order valence-electron chi connectivity index (χ2n) is 2.41. The zero-order chi connectivity index (χ0) is 8.43. The third-order valence-electron chi connectivity index (χ3n) is 1.41. The van der Waals surface area contributed by atoms with Gasteiger partial charge in [-0.05, 0) is 24.6 Å². The van der Waals surface area contributed by atoms with E-state index in [2.05, 4.69) is 6.58 Å². The van der Waals surface area contributed by atoms with Gasteiger partial charge in [0.25, 0.3) is 0 Å². The molecule has 1 aromatic rings. The first-order valence-electron chi connectivity index (χ1n) is 3.22. The van der Waals surface area contributed by atoms with Crippen molar-refractivity contribution < 1.29 is 8.78 Å². The number of rotatable bonds is 1. The lowest BCUT2D eigenvalue weighted by Gasteiger charge is -1.98. The van der Waals surface area contributed by atoms with Crippen LogP contribution in [0.4, 0.5) is 8.78 Å². The first-order chi connectivity index (χ1) is 5.11. The van der Waals surface area contributed by atoms with Gasteiger partial charge in [0.1, 0.15) is 0 Å². The Morgan fingerprint density at radius 1 is 1.27 bits per heavy atom. The van der Waals surface area contributed by atoms with Crippen LogP contribution in [0.5, 0.6) is 0 Å². The second kappa shape index (κ2) is 2.82. The van der Waals surface area contributed by atoms with Crippen LogP contribution in [-0.4, -0.2) is 0 Å². The van der Waals surface area contributed by atoms with Gasteiger partial charge in [-0.2, -0.15) is 0 Å². The summed E-state index contributed by atoms with van der Waals surface area (Å²) in [4.78, 5) is 0. The summed E-state index contributed by atoms with van der Waals surface area (Å²) < 4.78 is 24.9. The van der Waals surface area contributed by atoms with E-state index in [-0.39, 0.29) is 0 Å². The van der Waals surface area contributed by atoms with Gasteiger partial charge < -0.3 is 0 Å². The van der Waals surface area contributed by atoms with E-state index in [1.54, 1.807) is 6.92 Å². The van der Waals surface area contributed by atoms with Crippen molar-refractivity contribution in [3.8, 4) is 0 Å². The smallest absolute Gasteiger partial charge is 0.159 e. The summed E-state index contributed by atoms with van der Waals surface area (Å²) >= 11 is 0. The molecular formula is C9H8F2. The van der Waals surface area contributed by atoms with E-state index >= 15 is 0 Å². The number of allylic oxidation sites excluding steroid dienone is 1. The van der Waals surface area contributed by atoms with Crippen LogP contribution in [0, 0.1) is 11.6 Å². The minimum atomic E-state index is -0.828.